The highest BCUT2D eigenvalue weighted by Gasteiger charge is 2.31. The number of hydrogen-bond donors (Lipinski definition) is 1. The first-order valence-electron chi connectivity index (χ1n) is 7.33. The Balaban J connectivity index is 2.10. The van der Waals surface area contributed by atoms with Crippen molar-refractivity contribution in [3.8, 4) is 0 Å². The number of morpholine rings is 1. The normalized spacial score (nSPS) is 15.3. The lowest BCUT2D eigenvalue weighted by molar-refractivity contribution is -0.153. The fourth-order valence-electron chi connectivity index (χ4n) is 2.00. The summed E-state index contributed by atoms with van der Waals surface area (Å²) in [7, 11) is 3.48. The van der Waals surface area contributed by atoms with Gasteiger partial charge in [0.2, 0.25) is 17.8 Å². The molecule has 1 aliphatic rings. The van der Waals surface area contributed by atoms with Crippen LogP contribution >= 0.6 is 0 Å². The highest BCUT2D eigenvalue weighted by atomic mass is 19.4. The van der Waals surface area contributed by atoms with E-state index in [0.717, 1.165) is 0 Å². The Bertz CT molecular complexity index is 575. The fraction of sp³-hybridized carbons (Fsp3) is 0.692. The van der Waals surface area contributed by atoms with Gasteiger partial charge in [-0.2, -0.15) is 28.1 Å². The van der Waals surface area contributed by atoms with Crippen molar-refractivity contribution < 1.29 is 22.7 Å². The minimum absolute atomic E-state index is 0.199. The molecule has 1 aromatic rings. The molecule has 0 unspecified atom stereocenters. The summed E-state index contributed by atoms with van der Waals surface area (Å²) in [5.74, 6) is -0.142. The standard InChI is InChI=1S/C13H19F3N6O2/c1-21(2)11-18-9(8-17-10(23)7-13(14,15)16)19-12(20-11)22-3-5-24-6-4-22/h3-8H2,1-2H3,(H,17,23). The first kappa shape index (κ1) is 18.2. The molecule has 1 amide bonds. The summed E-state index contributed by atoms with van der Waals surface area (Å²) in [5.41, 5.74) is 0. The first-order chi connectivity index (χ1) is 11.2. The predicted octanol–water partition coefficient (Wildman–Crippen LogP) is 0.343. The first-order valence-corrected chi connectivity index (χ1v) is 7.33. The zero-order valence-electron chi connectivity index (χ0n) is 13.4. The van der Waals surface area contributed by atoms with Crippen LogP contribution in [0.25, 0.3) is 0 Å². The molecule has 11 heteroatoms. The van der Waals surface area contributed by atoms with E-state index in [2.05, 4.69) is 20.3 Å². The highest BCUT2D eigenvalue weighted by Crippen LogP contribution is 2.19. The molecule has 1 fully saturated rings. The van der Waals surface area contributed by atoms with Gasteiger partial charge in [0, 0.05) is 27.2 Å². The molecule has 1 saturated heterocycles. The minimum Gasteiger partial charge on any atom is -0.378 e. The van der Waals surface area contributed by atoms with Crippen molar-refractivity contribution in [3.05, 3.63) is 5.82 Å². The number of nitrogens with zero attached hydrogens (tertiary/aromatic N) is 5. The largest absolute Gasteiger partial charge is 0.397 e. The number of aromatic nitrogens is 3. The molecule has 0 aliphatic carbocycles. The molecule has 0 saturated carbocycles. The molecule has 1 aliphatic heterocycles. The third-order valence-corrected chi connectivity index (χ3v) is 3.16. The van der Waals surface area contributed by atoms with E-state index < -0.39 is 18.5 Å². The van der Waals surface area contributed by atoms with Gasteiger partial charge in [-0.15, -0.1) is 0 Å². The molecule has 134 valence electrons. The third kappa shape index (κ3) is 5.48. The van der Waals surface area contributed by atoms with E-state index in [1.807, 2.05) is 4.90 Å². The van der Waals surface area contributed by atoms with Crippen molar-refractivity contribution in [1.82, 2.24) is 20.3 Å². The van der Waals surface area contributed by atoms with Crippen LogP contribution in [0.1, 0.15) is 12.2 Å². The smallest absolute Gasteiger partial charge is 0.378 e. The predicted molar refractivity (Wildman–Crippen MR) is 79.7 cm³/mol. The van der Waals surface area contributed by atoms with Gasteiger partial charge in [0.1, 0.15) is 6.42 Å². The summed E-state index contributed by atoms with van der Waals surface area (Å²) in [6, 6.07) is 0. The maximum atomic E-state index is 12.2. The molecule has 24 heavy (non-hydrogen) atoms. The zero-order chi connectivity index (χ0) is 17.7. The van der Waals surface area contributed by atoms with Gasteiger partial charge in [-0.3, -0.25) is 4.79 Å². The summed E-state index contributed by atoms with van der Waals surface area (Å²) in [6.07, 6.45) is -6.08. The van der Waals surface area contributed by atoms with Crippen molar-refractivity contribution in [1.29, 1.82) is 0 Å². The second-order valence-electron chi connectivity index (χ2n) is 5.41. The van der Waals surface area contributed by atoms with Crippen LogP contribution in [-0.4, -0.2) is 67.4 Å². The van der Waals surface area contributed by atoms with Crippen LogP contribution < -0.4 is 15.1 Å². The number of carbonyl (C=O) groups is 1. The minimum atomic E-state index is -4.54. The molecule has 8 nitrogen and oxygen atoms in total. The van der Waals surface area contributed by atoms with Crippen molar-refractivity contribution in [2.45, 2.75) is 19.1 Å². The average molecular weight is 348 g/mol. The number of alkyl halides is 3. The summed E-state index contributed by atoms with van der Waals surface area (Å²) in [5, 5.41) is 2.18. The van der Waals surface area contributed by atoms with Gasteiger partial charge in [0.05, 0.1) is 19.8 Å². The number of nitrogens with one attached hydrogen (secondary N) is 1. The topological polar surface area (TPSA) is 83.5 Å². The molecule has 0 spiro atoms. The maximum Gasteiger partial charge on any atom is 0.397 e. The second-order valence-corrected chi connectivity index (χ2v) is 5.41. The van der Waals surface area contributed by atoms with E-state index in [1.165, 1.54) is 0 Å². The lowest BCUT2D eigenvalue weighted by Gasteiger charge is -2.27. The van der Waals surface area contributed by atoms with Crippen molar-refractivity contribution >= 4 is 17.8 Å². The number of carbonyl (C=O) groups excluding carboxylic acids is 1. The fourth-order valence-corrected chi connectivity index (χ4v) is 2.00. The Morgan fingerprint density at radius 2 is 1.92 bits per heavy atom. The molecular formula is C13H19F3N6O2. The molecule has 0 aromatic carbocycles. The van der Waals surface area contributed by atoms with E-state index in [9.17, 15) is 18.0 Å². The van der Waals surface area contributed by atoms with Gasteiger partial charge in [-0.1, -0.05) is 0 Å². The van der Waals surface area contributed by atoms with E-state index in [1.54, 1.807) is 19.0 Å². The van der Waals surface area contributed by atoms with E-state index in [0.29, 0.717) is 38.2 Å². The molecule has 2 rings (SSSR count). The van der Waals surface area contributed by atoms with Gasteiger partial charge >= 0.3 is 6.18 Å². The van der Waals surface area contributed by atoms with Crippen LogP contribution in [0.2, 0.25) is 0 Å². The summed E-state index contributed by atoms with van der Waals surface area (Å²) >= 11 is 0. The lowest BCUT2D eigenvalue weighted by atomic mass is 10.4. The van der Waals surface area contributed by atoms with Crippen LogP contribution in [0.15, 0.2) is 0 Å². The number of rotatable bonds is 5. The van der Waals surface area contributed by atoms with Crippen molar-refractivity contribution in [2.24, 2.45) is 0 Å². The second kappa shape index (κ2) is 7.60. The average Bonchev–Trinajstić information content (AvgIpc) is 2.52. The van der Waals surface area contributed by atoms with Crippen LogP contribution in [0.5, 0.6) is 0 Å². The summed E-state index contributed by atoms with van der Waals surface area (Å²) in [4.78, 5) is 27.6. The van der Waals surface area contributed by atoms with Gasteiger partial charge in [0.15, 0.2) is 5.82 Å². The van der Waals surface area contributed by atoms with Gasteiger partial charge in [-0.05, 0) is 0 Å². The monoisotopic (exact) mass is 348 g/mol. The Hall–Kier alpha value is -2.17. The molecule has 2 heterocycles. The van der Waals surface area contributed by atoms with E-state index in [-0.39, 0.29) is 12.4 Å². The molecule has 0 bridgehead atoms. The van der Waals surface area contributed by atoms with Crippen LogP contribution in [0, 0.1) is 0 Å². The number of anilines is 2. The van der Waals surface area contributed by atoms with E-state index in [4.69, 9.17) is 4.74 Å². The van der Waals surface area contributed by atoms with Gasteiger partial charge in [-0.25, -0.2) is 0 Å². The Labute approximate surface area is 137 Å². The lowest BCUT2D eigenvalue weighted by Crippen LogP contribution is -2.38. The molecule has 1 aromatic heterocycles. The molecular weight excluding hydrogens is 329 g/mol. The number of halogens is 3. The SMILES string of the molecule is CN(C)c1nc(CNC(=O)CC(F)(F)F)nc(N2CCOCC2)n1. The highest BCUT2D eigenvalue weighted by molar-refractivity contribution is 5.76. The number of amides is 1. The van der Waals surface area contributed by atoms with Crippen LogP contribution in [0.4, 0.5) is 25.1 Å². The number of ether oxygens (including phenoxy) is 1. The molecule has 0 radical (unpaired) electrons. The Morgan fingerprint density at radius 3 is 2.50 bits per heavy atom. The van der Waals surface area contributed by atoms with Gasteiger partial charge in [0.25, 0.3) is 0 Å². The molecule has 0 atom stereocenters. The van der Waals surface area contributed by atoms with Crippen molar-refractivity contribution in [2.75, 3.05) is 50.2 Å². The van der Waals surface area contributed by atoms with Gasteiger partial charge < -0.3 is 19.9 Å². The Morgan fingerprint density at radius 1 is 1.25 bits per heavy atom. The number of hydrogen-bond acceptors (Lipinski definition) is 7. The quantitative estimate of drug-likeness (QED) is 0.822. The zero-order valence-corrected chi connectivity index (χ0v) is 13.4. The Kier molecular flexibility index (Phi) is 5.75. The summed E-state index contributed by atoms with van der Waals surface area (Å²) < 4.78 is 41.8. The maximum absolute atomic E-state index is 12.2. The summed E-state index contributed by atoms with van der Waals surface area (Å²) in [6.45, 7) is 2.10. The molecule has 1 N–H and O–H groups in total. The van der Waals surface area contributed by atoms with Crippen molar-refractivity contribution in [3.63, 3.8) is 0 Å². The van der Waals surface area contributed by atoms with Crippen LogP contribution in [0.3, 0.4) is 0 Å². The third-order valence-electron chi connectivity index (χ3n) is 3.16. The van der Waals surface area contributed by atoms with E-state index >= 15 is 0 Å². The van der Waals surface area contributed by atoms with Crippen LogP contribution in [-0.2, 0) is 16.1 Å².